The van der Waals surface area contributed by atoms with Crippen molar-refractivity contribution >= 4 is 13.3 Å². The molecule has 0 atom stereocenters. The van der Waals surface area contributed by atoms with E-state index < -0.39 is 0 Å². The molecule has 0 aliphatic carbocycles. The number of hydrogen-bond acceptors (Lipinski definition) is 3. The molecule has 0 spiro atoms. The van der Waals surface area contributed by atoms with Gasteiger partial charge in [0.25, 0.3) is 0 Å². The predicted molar refractivity (Wildman–Crippen MR) is 43.9 cm³/mol. The van der Waals surface area contributed by atoms with Gasteiger partial charge < -0.3 is 15.3 Å². The summed E-state index contributed by atoms with van der Waals surface area (Å²) in [6, 6.07) is 2.96. The highest BCUT2D eigenvalue weighted by Gasteiger charge is 2.03. The van der Waals surface area contributed by atoms with Crippen LogP contribution in [-0.2, 0) is 6.61 Å². The molecule has 0 saturated carbocycles. The molecule has 3 N–H and O–H groups in total. The zero-order valence-corrected chi connectivity index (χ0v) is 6.20. The molecule has 0 aliphatic heterocycles. The van der Waals surface area contributed by atoms with Crippen molar-refractivity contribution in [1.29, 1.82) is 0 Å². The first-order valence-corrected chi connectivity index (χ1v) is 3.27. The van der Waals surface area contributed by atoms with E-state index >= 15 is 0 Å². The number of benzene rings is 1. The highest BCUT2D eigenvalue weighted by molar-refractivity contribution is 6.34. The monoisotopic (exact) mass is 152 g/mol. The van der Waals surface area contributed by atoms with Crippen molar-refractivity contribution in [3.63, 3.8) is 0 Å². The normalized spacial score (nSPS) is 9.91. The van der Waals surface area contributed by atoms with Crippen molar-refractivity contribution in [2.75, 3.05) is 0 Å². The summed E-state index contributed by atoms with van der Waals surface area (Å²) in [4.78, 5) is 0. The lowest BCUT2D eigenvalue weighted by molar-refractivity contribution is 0.281. The van der Waals surface area contributed by atoms with Crippen LogP contribution in [0.3, 0.4) is 0 Å². The average molecular weight is 152 g/mol. The van der Waals surface area contributed by atoms with Crippen molar-refractivity contribution in [2.24, 2.45) is 0 Å². The standard InChI is InChI=1S/C7H9BO3/c8-5-1-4(3-9)2-6(10)7(5)11/h1-2,9-11H,3,8H2. The maximum atomic E-state index is 9.09. The summed E-state index contributed by atoms with van der Waals surface area (Å²) < 4.78 is 0. The summed E-state index contributed by atoms with van der Waals surface area (Å²) in [5.41, 5.74) is 1.16. The molecule has 1 aromatic rings. The van der Waals surface area contributed by atoms with Gasteiger partial charge in [0, 0.05) is 0 Å². The minimum Gasteiger partial charge on any atom is -0.505 e. The highest BCUT2D eigenvalue weighted by Crippen LogP contribution is 2.22. The van der Waals surface area contributed by atoms with E-state index in [2.05, 4.69) is 0 Å². The van der Waals surface area contributed by atoms with E-state index in [-0.39, 0.29) is 18.1 Å². The second-order valence-electron chi connectivity index (χ2n) is 2.44. The first-order chi connectivity index (χ1) is 5.15. The molecule has 0 fully saturated rings. The van der Waals surface area contributed by atoms with E-state index in [9.17, 15) is 0 Å². The zero-order chi connectivity index (χ0) is 8.43. The molecule has 0 saturated heterocycles. The Morgan fingerprint density at radius 1 is 1.27 bits per heavy atom. The molecule has 0 aliphatic rings. The van der Waals surface area contributed by atoms with E-state index in [1.807, 2.05) is 0 Å². The van der Waals surface area contributed by atoms with Crippen molar-refractivity contribution in [2.45, 2.75) is 6.61 Å². The number of hydrogen-bond donors (Lipinski definition) is 3. The first-order valence-electron chi connectivity index (χ1n) is 3.27. The fourth-order valence-electron chi connectivity index (χ4n) is 0.925. The van der Waals surface area contributed by atoms with Crippen LogP contribution in [0.2, 0.25) is 0 Å². The van der Waals surface area contributed by atoms with E-state index in [1.165, 1.54) is 6.07 Å². The molecule has 0 radical (unpaired) electrons. The minimum atomic E-state index is -0.186. The zero-order valence-electron chi connectivity index (χ0n) is 6.20. The largest absolute Gasteiger partial charge is 0.505 e. The Labute approximate surface area is 65.3 Å². The van der Waals surface area contributed by atoms with Crippen LogP contribution < -0.4 is 5.46 Å². The Morgan fingerprint density at radius 2 is 1.91 bits per heavy atom. The Bertz CT molecular complexity index is 249. The fourth-order valence-corrected chi connectivity index (χ4v) is 0.925. The van der Waals surface area contributed by atoms with Gasteiger partial charge in [-0.05, 0) is 17.1 Å². The molecule has 0 bridgehead atoms. The molecule has 0 heterocycles. The van der Waals surface area contributed by atoms with Crippen molar-refractivity contribution < 1.29 is 15.3 Å². The molecule has 1 aromatic carbocycles. The number of phenolic OH excluding ortho intramolecular Hbond substituents is 2. The van der Waals surface area contributed by atoms with Crippen LogP contribution >= 0.6 is 0 Å². The lowest BCUT2D eigenvalue weighted by Crippen LogP contribution is -2.04. The van der Waals surface area contributed by atoms with Crippen molar-refractivity contribution in [3.05, 3.63) is 17.7 Å². The molecule has 0 unspecified atom stereocenters. The molecule has 1 rings (SSSR count). The highest BCUT2D eigenvalue weighted by atomic mass is 16.3. The van der Waals surface area contributed by atoms with Crippen LogP contribution in [0, 0.1) is 0 Å². The van der Waals surface area contributed by atoms with Gasteiger partial charge in [-0.25, -0.2) is 0 Å². The van der Waals surface area contributed by atoms with Crippen LogP contribution in [0.15, 0.2) is 12.1 Å². The van der Waals surface area contributed by atoms with Crippen LogP contribution in [0.1, 0.15) is 5.56 Å². The second kappa shape index (κ2) is 2.84. The lowest BCUT2D eigenvalue weighted by atomic mass is 9.93. The predicted octanol–water partition coefficient (Wildman–Crippen LogP) is -1.15. The van der Waals surface area contributed by atoms with Gasteiger partial charge in [0.2, 0.25) is 0 Å². The summed E-state index contributed by atoms with van der Waals surface area (Å²) in [6.45, 7) is -0.130. The summed E-state index contributed by atoms with van der Waals surface area (Å²) in [7, 11) is 1.66. The smallest absolute Gasteiger partial charge is 0.157 e. The minimum absolute atomic E-state index is 0.123. The number of aliphatic hydroxyl groups excluding tert-OH is 1. The lowest BCUT2D eigenvalue weighted by Gasteiger charge is -2.03. The third-order valence-electron chi connectivity index (χ3n) is 1.52. The van der Waals surface area contributed by atoms with Gasteiger partial charge in [-0.2, -0.15) is 0 Å². The summed E-state index contributed by atoms with van der Waals surface area (Å²) in [5, 5.41) is 26.8. The molecular weight excluding hydrogens is 143 g/mol. The van der Waals surface area contributed by atoms with E-state index in [4.69, 9.17) is 15.3 Å². The van der Waals surface area contributed by atoms with Crippen LogP contribution in [0.5, 0.6) is 11.5 Å². The van der Waals surface area contributed by atoms with E-state index in [0.29, 0.717) is 11.0 Å². The molecule has 11 heavy (non-hydrogen) atoms. The van der Waals surface area contributed by atoms with Crippen LogP contribution in [-0.4, -0.2) is 23.2 Å². The fraction of sp³-hybridized carbons (Fsp3) is 0.143. The Balaban J connectivity index is 3.21. The number of rotatable bonds is 1. The molecule has 4 heteroatoms. The third-order valence-corrected chi connectivity index (χ3v) is 1.52. The molecule has 58 valence electrons. The van der Waals surface area contributed by atoms with Crippen LogP contribution in [0.4, 0.5) is 0 Å². The molecule has 0 amide bonds. The summed E-state index contributed by atoms with van der Waals surface area (Å²) in [6.07, 6.45) is 0. The number of phenols is 2. The van der Waals surface area contributed by atoms with E-state index in [1.54, 1.807) is 13.9 Å². The summed E-state index contributed by atoms with van der Waals surface area (Å²) >= 11 is 0. The topological polar surface area (TPSA) is 60.7 Å². The van der Waals surface area contributed by atoms with Gasteiger partial charge in [0.15, 0.2) is 11.5 Å². The van der Waals surface area contributed by atoms with E-state index in [0.717, 1.165) is 0 Å². The van der Waals surface area contributed by atoms with Gasteiger partial charge in [-0.1, -0.05) is 6.07 Å². The van der Waals surface area contributed by atoms with Gasteiger partial charge in [0.1, 0.15) is 7.85 Å². The summed E-state index contributed by atoms with van der Waals surface area (Å²) in [5.74, 6) is -0.309. The third kappa shape index (κ3) is 1.46. The van der Waals surface area contributed by atoms with Gasteiger partial charge >= 0.3 is 0 Å². The van der Waals surface area contributed by atoms with Crippen molar-refractivity contribution in [3.8, 4) is 11.5 Å². The molecule has 3 nitrogen and oxygen atoms in total. The quantitative estimate of drug-likeness (QED) is 0.351. The Hall–Kier alpha value is -1.16. The van der Waals surface area contributed by atoms with Gasteiger partial charge in [-0.15, -0.1) is 0 Å². The average Bonchev–Trinajstić information content (AvgIpc) is 1.99. The maximum Gasteiger partial charge on any atom is 0.157 e. The first kappa shape index (κ1) is 7.95. The Kier molecular flexibility index (Phi) is 2.05. The molecular formula is C7H9BO3. The van der Waals surface area contributed by atoms with Crippen LogP contribution in [0.25, 0.3) is 0 Å². The number of aliphatic hydroxyl groups is 1. The maximum absolute atomic E-state index is 9.09. The SMILES string of the molecule is Bc1cc(CO)cc(O)c1O. The van der Waals surface area contributed by atoms with Gasteiger partial charge in [-0.3, -0.25) is 0 Å². The Morgan fingerprint density at radius 3 is 2.36 bits per heavy atom. The van der Waals surface area contributed by atoms with Gasteiger partial charge in [0.05, 0.1) is 6.61 Å². The molecule has 0 aromatic heterocycles. The number of aromatic hydroxyl groups is 2. The van der Waals surface area contributed by atoms with Crippen molar-refractivity contribution in [1.82, 2.24) is 0 Å². The second-order valence-corrected chi connectivity index (χ2v) is 2.44.